The van der Waals surface area contributed by atoms with Gasteiger partial charge in [0.1, 0.15) is 10.9 Å². The first kappa shape index (κ1) is 24.8. The molecular formula is C26H21BrClNO3S2. The van der Waals surface area contributed by atoms with Gasteiger partial charge < -0.3 is 9.47 Å². The fraction of sp³-hybridized carbons (Fsp3) is 0.154. The van der Waals surface area contributed by atoms with Crippen LogP contribution in [0.3, 0.4) is 0 Å². The van der Waals surface area contributed by atoms with E-state index in [2.05, 4.69) is 15.9 Å². The number of amides is 1. The molecule has 0 spiro atoms. The lowest BCUT2D eigenvalue weighted by Crippen LogP contribution is -2.27. The van der Waals surface area contributed by atoms with Crippen molar-refractivity contribution >= 4 is 67.8 Å². The zero-order chi connectivity index (χ0) is 24.2. The molecule has 3 aromatic rings. The van der Waals surface area contributed by atoms with Crippen LogP contribution < -0.4 is 9.47 Å². The molecule has 0 N–H and O–H groups in total. The molecule has 4 rings (SSSR count). The highest BCUT2D eigenvalue weighted by molar-refractivity contribution is 9.10. The summed E-state index contributed by atoms with van der Waals surface area (Å²) in [6.07, 6.45) is 1.82. The summed E-state index contributed by atoms with van der Waals surface area (Å²) < 4.78 is 12.8. The van der Waals surface area contributed by atoms with Crippen molar-refractivity contribution in [2.24, 2.45) is 0 Å². The summed E-state index contributed by atoms with van der Waals surface area (Å²) in [6.45, 7) is 2.78. The van der Waals surface area contributed by atoms with Crippen LogP contribution in [0.4, 0.5) is 0 Å². The molecule has 3 aromatic carbocycles. The number of benzene rings is 3. The second kappa shape index (κ2) is 11.0. The number of aryl methyl sites for hydroxylation is 1. The number of thioether (sulfide) groups is 1. The van der Waals surface area contributed by atoms with Gasteiger partial charge in [-0.15, -0.1) is 0 Å². The Labute approximate surface area is 222 Å². The minimum Gasteiger partial charge on any atom is -0.493 e. The molecule has 1 aliphatic heterocycles. The number of hydrogen-bond acceptors (Lipinski definition) is 5. The first-order valence-electron chi connectivity index (χ1n) is 10.4. The van der Waals surface area contributed by atoms with Crippen LogP contribution in [0.25, 0.3) is 6.08 Å². The number of thiocarbonyl (C=S) groups is 1. The van der Waals surface area contributed by atoms with Gasteiger partial charge in [0, 0.05) is 10.6 Å². The number of rotatable bonds is 7. The summed E-state index contributed by atoms with van der Waals surface area (Å²) in [5.41, 5.74) is 3.88. The van der Waals surface area contributed by atoms with E-state index in [-0.39, 0.29) is 5.91 Å². The lowest BCUT2D eigenvalue weighted by Gasteiger charge is -2.15. The van der Waals surface area contributed by atoms with Gasteiger partial charge in [-0.3, -0.25) is 9.69 Å². The molecule has 174 valence electrons. The topological polar surface area (TPSA) is 38.8 Å². The van der Waals surface area contributed by atoms with Crippen LogP contribution in [0.1, 0.15) is 22.3 Å². The normalized spacial score (nSPS) is 14.7. The van der Waals surface area contributed by atoms with Crippen LogP contribution in [0.5, 0.6) is 11.5 Å². The predicted octanol–water partition coefficient (Wildman–Crippen LogP) is 7.40. The van der Waals surface area contributed by atoms with Crippen molar-refractivity contribution in [1.82, 2.24) is 4.90 Å². The molecule has 1 saturated heterocycles. The van der Waals surface area contributed by atoms with Crippen LogP contribution in [0.2, 0.25) is 5.02 Å². The third-order valence-corrected chi connectivity index (χ3v) is 7.55. The smallest absolute Gasteiger partial charge is 0.266 e. The molecule has 1 heterocycles. The number of ether oxygens (including phenoxy) is 2. The molecule has 0 saturated carbocycles. The largest absolute Gasteiger partial charge is 0.493 e. The van der Waals surface area contributed by atoms with E-state index in [0.717, 1.165) is 16.7 Å². The summed E-state index contributed by atoms with van der Waals surface area (Å²) >= 11 is 16.6. The van der Waals surface area contributed by atoms with Crippen LogP contribution >= 0.6 is 51.5 Å². The third kappa shape index (κ3) is 5.66. The molecule has 4 nitrogen and oxygen atoms in total. The van der Waals surface area contributed by atoms with Crippen molar-refractivity contribution < 1.29 is 14.3 Å². The Morgan fingerprint density at radius 3 is 2.59 bits per heavy atom. The van der Waals surface area contributed by atoms with E-state index >= 15 is 0 Å². The number of methoxy groups -OCH3 is 1. The van der Waals surface area contributed by atoms with Gasteiger partial charge in [0.15, 0.2) is 11.5 Å². The molecule has 34 heavy (non-hydrogen) atoms. The lowest BCUT2D eigenvalue weighted by molar-refractivity contribution is -0.122. The first-order chi connectivity index (χ1) is 16.4. The van der Waals surface area contributed by atoms with Gasteiger partial charge >= 0.3 is 0 Å². The highest BCUT2D eigenvalue weighted by Gasteiger charge is 2.32. The number of hydrogen-bond donors (Lipinski definition) is 0. The minimum atomic E-state index is -0.107. The predicted molar refractivity (Wildman–Crippen MR) is 146 cm³/mol. The zero-order valence-corrected chi connectivity index (χ0v) is 22.5. The highest BCUT2D eigenvalue weighted by Crippen LogP contribution is 2.40. The Morgan fingerprint density at radius 2 is 1.88 bits per heavy atom. The van der Waals surface area contributed by atoms with Gasteiger partial charge in [-0.05, 0) is 58.3 Å². The van der Waals surface area contributed by atoms with Crippen LogP contribution in [0, 0.1) is 6.92 Å². The molecule has 0 aromatic heterocycles. The Morgan fingerprint density at radius 1 is 1.15 bits per heavy atom. The maximum absolute atomic E-state index is 13.1. The van der Waals surface area contributed by atoms with Gasteiger partial charge in [0.05, 0.1) is 23.0 Å². The minimum absolute atomic E-state index is 0.107. The maximum atomic E-state index is 13.1. The standard InChI is InChI=1S/C26H21BrClNO3S2/c1-16-7-9-17(10-8-16)14-29-25(30)23(34-26(29)33)13-18-11-20(27)24(22(12-18)31-2)32-15-19-5-3-4-6-21(19)28/h3-13H,14-15H2,1-2H3/b23-13-. The van der Waals surface area contributed by atoms with Crippen molar-refractivity contribution in [2.45, 2.75) is 20.1 Å². The van der Waals surface area contributed by atoms with E-state index < -0.39 is 0 Å². The fourth-order valence-corrected chi connectivity index (χ4v) is 5.41. The van der Waals surface area contributed by atoms with Crippen molar-refractivity contribution in [3.8, 4) is 11.5 Å². The van der Waals surface area contributed by atoms with Gasteiger partial charge in [-0.2, -0.15) is 0 Å². The second-order valence-electron chi connectivity index (χ2n) is 7.67. The summed E-state index contributed by atoms with van der Waals surface area (Å²) in [5, 5.41) is 0.641. The van der Waals surface area contributed by atoms with Gasteiger partial charge in [-0.1, -0.05) is 83.6 Å². The third-order valence-electron chi connectivity index (χ3n) is 5.21. The summed E-state index contributed by atoms with van der Waals surface area (Å²) in [7, 11) is 1.58. The second-order valence-corrected chi connectivity index (χ2v) is 10.6. The van der Waals surface area contributed by atoms with Gasteiger partial charge in [0.25, 0.3) is 5.91 Å². The van der Waals surface area contributed by atoms with E-state index in [1.54, 1.807) is 12.0 Å². The Bertz CT molecular complexity index is 1280. The number of nitrogens with zero attached hydrogens (tertiary/aromatic N) is 1. The molecule has 8 heteroatoms. The quantitative estimate of drug-likeness (QED) is 0.217. The highest BCUT2D eigenvalue weighted by atomic mass is 79.9. The van der Waals surface area contributed by atoms with Gasteiger partial charge in [0.2, 0.25) is 0 Å². The summed E-state index contributed by atoms with van der Waals surface area (Å²) in [4.78, 5) is 15.3. The molecule has 1 aliphatic rings. The average molecular weight is 575 g/mol. The number of carbonyl (C=O) groups is 1. The molecule has 0 radical (unpaired) electrons. The van der Waals surface area contributed by atoms with E-state index in [1.165, 1.54) is 17.3 Å². The maximum Gasteiger partial charge on any atom is 0.266 e. The van der Waals surface area contributed by atoms with E-state index in [4.69, 9.17) is 33.3 Å². The van der Waals surface area contributed by atoms with Crippen LogP contribution in [0.15, 0.2) is 70.0 Å². The SMILES string of the molecule is COc1cc(/C=C2\SC(=S)N(Cc3ccc(C)cc3)C2=O)cc(Br)c1OCc1ccccc1Cl. The van der Waals surface area contributed by atoms with Crippen LogP contribution in [-0.4, -0.2) is 22.2 Å². The van der Waals surface area contributed by atoms with E-state index in [0.29, 0.717) is 43.4 Å². The lowest BCUT2D eigenvalue weighted by atomic mass is 10.1. The molecule has 0 atom stereocenters. The molecule has 0 unspecified atom stereocenters. The van der Waals surface area contributed by atoms with Crippen molar-refractivity contribution in [3.63, 3.8) is 0 Å². The number of halogens is 2. The van der Waals surface area contributed by atoms with Gasteiger partial charge in [-0.25, -0.2) is 0 Å². The summed E-state index contributed by atoms with van der Waals surface area (Å²) in [5.74, 6) is 0.999. The molecule has 1 amide bonds. The van der Waals surface area contributed by atoms with Crippen molar-refractivity contribution in [2.75, 3.05) is 7.11 Å². The summed E-state index contributed by atoms with van der Waals surface area (Å²) in [6, 6.07) is 19.3. The van der Waals surface area contributed by atoms with Crippen molar-refractivity contribution in [1.29, 1.82) is 0 Å². The molecule has 0 aliphatic carbocycles. The molecule has 0 bridgehead atoms. The fourth-order valence-electron chi connectivity index (χ4n) is 3.39. The van der Waals surface area contributed by atoms with E-state index in [9.17, 15) is 4.79 Å². The molecule has 1 fully saturated rings. The first-order valence-corrected chi connectivity index (χ1v) is 12.8. The average Bonchev–Trinajstić information content (AvgIpc) is 3.07. The Balaban J connectivity index is 1.53. The van der Waals surface area contributed by atoms with Crippen molar-refractivity contribution in [3.05, 3.63) is 97.3 Å². The zero-order valence-electron chi connectivity index (χ0n) is 18.5. The molecular weight excluding hydrogens is 554 g/mol. The monoisotopic (exact) mass is 573 g/mol. The Hall–Kier alpha value is -2.32. The van der Waals surface area contributed by atoms with Crippen LogP contribution in [-0.2, 0) is 17.9 Å². The number of carbonyl (C=O) groups excluding carboxylic acids is 1. The Kier molecular flexibility index (Phi) is 7.99. The van der Waals surface area contributed by atoms with E-state index in [1.807, 2.05) is 73.7 Å².